The van der Waals surface area contributed by atoms with Gasteiger partial charge in [-0.15, -0.1) is 0 Å². The first kappa shape index (κ1) is 9.92. The summed E-state index contributed by atoms with van der Waals surface area (Å²) in [5.41, 5.74) is 0. The van der Waals surface area contributed by atoms with Crippen molar-refractivity contribution in [2.75, 3.05) is 19.8 Å². The smallest absolute Gasteiger partial charge is 0.106 e. The molecule has 1 unspecified atom stereocenters. The molecule has 0 amide bonds. The molecule has 1 radical (unpaired) electrons. The summed E-state index contributed by atoms with van der Waals surface area (Å²) < 4.78 is 5.04. The fourth-order valence-corrected chi connectivity index (χ4v) is 0.650. The van der Waals surface area contributed by atoms with E-state index in [1.54, 1.807) is 0 Å². The molecule has 0 aromatic rings. The van der Waals surface area contributed by atoms with Gasteiger partial charge in [0.25, 0.3) is 0 Å². The Balaban J connectivity index is 2.89. The van der Waals surface area contributed by atoms with Crippen LogP contribution < -0.4 is 0 Å². The third-order valence-corrected chi connectivity index (χ3v) is 1.68. The molecule has 0 fully saturated rings. The van der Waals surface area contributed by atoms with Crippen LogP contribution in [-0.2, 0) is 9.84 Å². The first-order chi connectivity index (χ1) is 4.81. The maximum Gasteiger partial charge on any atom is 0.106 e. The number of hydrogen-bond acceptors (Lipinski definition) is 1. The van der Waals surface area contributed by atoms with Crippen LogP contribution >= 0.6 is 0 Å². The lowest BCUT2D eigenvalue weighted by Crippen LogP contribution is -2.03. The Bertz CT molecular complexity index is 64.3. The minimum atomic E-state index is -0.111. The molecule has 10 heavy (non-hydrogen) atoms. The fourth-order valence-electron chi connectivity index (χ4n) is 0.650. The maximum atomic E-state index is 9.92. The molecule has 61 valence electrons. The van der Waals surface area contributed by atoms with Crippen molar-refractivity contribution in [2.45, 2.75) is 26.7 Å². The van der Waals surface area contributed by atoms with E-state index in [1.165, 1.54) is 6.42 Å². The van der Waals surface area contributed by atoms with E-state index in [-0.39, 0.29) is 6.61 Å². The van der Waals surface area contributed by atoms with Gasteiger partial charge in [-0.1, -0.05) is 20.3 Å². The van der Waals surface area contributed by atoms with Crippen molar-refractivity contribution < 1.29 is 9.84 Å². The van der Waals surface area contributed by atoms with Crippen LogP contribution in [0.25, 0.3) is 0 Å². The van der Waals surface area contributed by atoms with Gasteiger partial charge in [0, 0.05) is 6.61 Å². The van der Waals surface area contributed by atoms with E-state index < -0.39 is 0 Å². The van der Waals surface area contributed by atoms with Crippen molar-refractivity contribution in [3.05, 3.63) is 0 Å². The van der Waals surface area contributed by atoms with E-state index in [1.807, 2.05) is 0 Å². The zero-order valence-corrected chi connectivity index (χ0v) is 6.93. The standard InChI is InChI=1S/C8H17O2/c1-3-8(2)4-6-10-7-5-9/h8H,3-7H2,1-2H3. The Morgan fingerprint density at radius 3 is 2.60 bits per heavy atom. The highest BCUT2D eigenvalue weighted by atomic mass is 16.5. The Morgan fingerprint density at radius 2 is 2.10 bits per heavy atom. The number of hydrogen-bond donors (Lipinski definition) is 0. The molecule has 2 heteroatoms. The molecule has 0 saturated heterocycles. The Labute approximate surface area is 63.2 Å². The molecule has 0 heterocycles. The first-order valence-electron chi connectivity index (χ1n) is 3.97. The lowest BCUT2D eigenvalue weighted by atomic mass is 10.1. The van der Waals surface area contributed by atoms with Gasteiger partial charge < -0.3 is 4.74 Å². The summed E-state index contributed by atoms with van der Waals surface area (Å²) in [6.45, 7) is 5.37. The zero-order chi connectivity index (χ0) is 7.82. The van der Waals surface area contributed by atoms with Gasteiger partial charge in [0.05, 0.1) is 6.61 Å². The summed E-state index contributed by atoms with van der Waals surface area (Å²) in [7, 11) is 0. The molecule has 0 N–H and O–H groups in total. The van der Waals surface area contributed by atoms with Crippen LogP contribution in [0.3, 0.4) is 0 Å². The average Bonchev–Trinajstić information content (AvgIpc) is 1.98. The van der Waals surface area contributed by atoms with Gasteiger partial charge in [-0.05, 0) is 12.3 Å². The van der Waals surface area contributed by atoms with Gasteiger partial charge >= 0.3 is 0 Å². The highest BCUT2D eigenvalue weighted by molar-refractivity contribution is 4.47. The summed E-state index contributed by atoms with van der Waals surface area (Å²) >= 11 is 0. The molecule has 0 bridgehead atoms. The summed E-state index contributed by atoms with van der Waals surface area (Å²) in [5, 5.41) is 9.92. The second-order valence-corrected chi connectivity index (χ2v) is 2.62. The molecule has 0 aliphatic rings. The van der Waals surface area contributed by atoms with Gasteiger partial charge in [0.1, 0.15) is 6.61 Å². The molecule has 1 atom stereocenters. The molecule has 0 aliphatic carbocycles. The van der Waals surface area contributed by atoms with E-state index in [9.17, 15) is 5.11 Å². The topological polar surface area (TPSA) is 29.1 Å². The second kappa shape index (κ2) is 7.03. The van der Waals surface area contributed by atoms with Crippen LogP contribution in [0.15, 0.2) is 0 Å². The van der Waals surface area contributed by atoms with Crippen LogP contribution in [0.2, 0.25) is 0 Å². The molecule has 0 rings (SSSR count). The molecule has 0 aromatic carbocycles. The van der Waals surface area contributed by atoms with E-state index in [0.29, 0.717) is 6.61 Å². The minimum absolute atomic E-state index is 0.111. The SMILES string of the molecule is CCC(C)CCOCC[O]. The third kappa shape index (κ3) is 6.05. The molecule has 2 nitrogen and oxygen atoms in total. The summed E-state index contributed by atoms with van der Waals surface area (Å²) in [5.74, 6) is 0.728. The van der Waals surface area contributed by atoms with Crippen LogP contribution in [0.4, 0.5) is 0 Å². The van der Waals surface area contributed by atoms with Crippen molar-refractivity contribution in [3.63, 3.8) is 0 Å². The Kier molecular flexibility index (Phi) is 6.98. The van der Waals surface area contributed by atoms with Crippen LogP contribution in [0.1, 0.15) is 26.7 Å². The fraction of sp³-hybridized carbons (Fsp3) is 1.00. The van der Waals surface area contributed by atoms with E-state index >= 15 is 0 Å². The Hall–Kier alpha value is -0.0800. The minimum Gasteiger partial charge on any atom is -0.379 e. The number of rotatable bonds is 6. The largest absolute Gasteiger partial charge is 0.379 e. The maximum absolute atomic E-state index is 9.92. The molecule has 0 aliphatic heterocycles. The van der Waals surface area contributed by atoms with E-state index in [4.69, 9.17) is 4.74 Å². The van der Waals surface area contributed by atoms with Crippen molar-refractivity contribution in [1.29, 1.82) is 0 Å². The lowest BCUT2D eigenvalue weighted by Gasteiger charge is -2.06. The molecule has 0 aromatic heterocycles. The van der Waals surface area contributed by atoms with Gasteiger partial charge in [-0.3, -0.25) is 0 Å². The quantitative estimate of drug-likeness (QED) is 0.524. The van der Waals surface area contributed by atoms with Crippen molar-refractivity contribution in [3.8, 4) is 0 Å². The highest BCUT2D eigenvalue weighted by Gasteiger charge is 1.96. The molecule has 0 saturated carbocycles. The van der Waals surface area contributed by atoms with Crippen LogP contribution in [-0.4, -0.2) is 19.8 Å². The van der Waals surface area contributed by atoms with Crippen LogP contribution in [0.5, 0.6) is 0 Å². The van der Waals surface area contributed by atoms with E-state index in [2.05, 4.69) is 13.8 Å². The average molecular weight is 145 g/mol. The zero-order valence-electron chi connectivity index (χ0n) is 6.93. The molecular weight excluding hydrogens is 128 g/mol. The predicted molar refractivity (Wildman–Crippen MR) is 40.4 cm³/mol. The van der Waals surface area contributed by atoms with Gasteiger partial charge in [0.2, 0.25) is 0 Å². The normalized spacial score (nSPS) is 13.5. The van der Waals surface area contributed by atoms with Crippen molar-refractivity contribution >= 4 is 0 Å². The molecule has 0 spiro atoms. The van der Waals surface area contributed by atoms with Gasteiger partial charge in [-0.2, -0.15) is 0 Å². The Morgan fingerprint density at radius 1 is 1.40 bits per heavy atom. The van der Waals surface area contributed by atoms with Crippen molar-refractivity contribution in [1.82, 2.24) is 0 Å². The van der Waals surface area contributed by atoms with E-state index in [0.717, 1.165) is 18.9 Å². The van der Waals surface area contributed by atoms with Gasteiger partial charge in [0.15, 0.2) is 0 Å². The van der Waals surface area contributed by atoms with Gasteiger partial charge in [-0.25, -0.2) is 5.11 Å². The molecular formula is C8H17O2. The first-order valence-corrected chi connectivity index (χ1v) is 3.97. The number of ether oxygens (including phenoxy) is 1. The third-order valence-electron chi connectivity index (χ3n) is 1.68. The lowest BCUT2D eigenvalue weighted by molar-refractivity contribution is 0.0579. The van der Waals surface area contributed by atoms with Crippen LogP contribution in [0, 0.1) is 5.92 Å². The summed E-state index contributed by atoms with van der Waals surface area (Å²) in [4.78, 5) is 0. The monoisotopic (exact) mass is 145 g/mol. The summed E-state index contributed by atoms with van der Waals surface area (Å²) in [6, 6.07) is 0. The van der Waals surface area contributed by atoms with Crippen molar-refractivity contribution in [2.24, 2.45) is 5.92 Å². The highest BCUT2D eigenvalue weighted by Crippen LogP contribution is 2.05. The predicted octanol–water partition coefficient (Wildman–Crippen LogP) is 1.87. The second-order valence-electron chi connectivity index (χ2n) is 2.62. The summed E-state index contributed by atoms with van der Waals surface area (Å²) in [6.07, 6.45) is 2.28.